The second kappa shape index (κ2) is 6.66. The van der Waals surface area contributed by atoms with Crippen LogP contribution in [0.15, 0.2) is 10.2 Å². The molecule has 0 bridgehead atoms. The maximum absolute atomic E-state index is 8.66. The number of rotatable bonds is 5. The predicted molar refractivity (Wildman–Crippen MR) is 72.6 cm³/mol. The van der Waals surface area contributed by atoms with E-state index < -0.39 is 8.32 Å². The quantitative estimate of drug-likeness (QED) is 0.317. The third kappa shape index (κ3) is 3.92. The first-order valence-corrected chi connectivity index (χ1v) is 9.42. The molecular formula is C10H20N6OSi. The second-order valence-corrected chi connectivity index (χ2v) is 9.63. The zero-order valence-corrected chi connectivity index (χ0v) is 12.2. The first-order valence-electron chi connectivity index (χ1n) is 6.30. The summed E-state index contributed by atoms with van der Waals surface area (Å²) in [5, 5.41) is 7.54. The van der Waals surface area contributed by atoms with Crippen LogP contribution < -0.4 is 0 Å². The fraction of sp³-hybridized carbons (Fsp3) is 1.00. The molecule has 3 atom stereocenters. The van der Waals surface area contributed by atoms with Crippen molar-refractivity contribution in [1.82, 2.24) is 0 Å². The number of hydrogen-bond acceptors (Lipinski definition) is 3. The molecule has 7 nitrogen and oxygen atoms in total. The van der Waals surface area contributed by atoms with Crippen molar-refractivity contribution in [3.8, 4) is 0 Å². The topological polar surface area (TPSA) is 107 Å². The van der Waals surface area contributed by atoms with Gasteiger partial charge in [0.25, 0.3) is 0 Å². The summed E-state index contributed by atoms with van der Waals surface area (Å²) >= 11 is 0. The third-order valence-electron chi connectivity index (χ3n) is 3.47. The molecule has 0 aliphatic heterocycles. The van der Waals surface area contributed by atoms with Crippen molar-refractivity contribution in [2.75, 3.05) is 0 Å². The molecule has 0 amide bonds. The van der Waals surface area contributed by atoms with Gasteiger partial charge in [-0.05, 0) is 43.0 Å². The average molecular weight is 268 g/mol. The van der Waals surface area contributed by atoms with Crippen LogP contribution in [0.25, 0.3) is 20.9 Å². The van der Waals surface area contributed by atoms with E-state index in [4.69, 9.17) is 15.5 Å². The van der Waals surface area contributed by atoms with Crippen LogP contribution in [0.2, 0.25) is 19.1 Å². The highest BCUT2D eigenvalue weighted by Gasteiger charge is 2.36. The first kappa shape index (κ1) is 14.9. The van der Waals surface area contributed by atoms with E-state index in [0.717, 1.165) is 25.3 Å². The van der Waals surface area contributed by atoms with Crippen molar-refractivity contribution in [2.24, 2.45) is 10.2 Å². The van der Waals surface area contributed by atoms with Gasteiger partial charge in [0.1, 0.15) is 0 Å². The minimum atomic E-state index is -1.71. The Hall–Kier alpha value is -1.20. The van der Waals surface area contributed by atoms with E-state index in [0.29, 0.717) is 0 Å². The Morgan fingerprint density at radius 3 is 2.44 bits per heavy atom. The molecule has 18 heavy (non-hydrogen) atoms. The molecule has 0 N–H and O–H groups in total. The minimum Gasteiger partial charge on any atom is -0.414 e. The summed E-state index contributed by atoms with van der Waals surface area (Å²) in [6, 6.07) is 0.378. The molecule has 1 aliphatic carbocycles. The zero-order chi connectivity index (χ0) is 13.6. The lowest BCUT2D eigenvalue weighted by Crippen LogP contribution is -2.46. The maximum atomic E-state index is 8.66. The van der Waals surface area contributed by atoms with Gasteiger partial charge in [0, 0.05) is 15.9 Å². The van der Waals surface area contributed by atoms with Crippen molar-refractivity contribution in [1.29, 1.82) is 0 Å². The van der Waals surface area contributed by atoms with E-state index in [1.165, 1.54) is 0 Å². The Bertz CT molecular complexity index is 375. The van der Waals surface area contributed by atoms with Crippen molar-refractivity contribution >= 4 is 8.32 Å². The van der Waals surface area contributed by atoms with E-state index in [9.17, 15) is 0 Å². The van der Waals surface area contributed by atoms with Crippen LogP contribution in [-0.4, -0.2) is 26.5 Å². The first-order chi connectivity index (χ1) is 8.54. The predicted octanol–water partition coefficient (Wildman–Crippen LogP) is 4.14. The SMILES string of the molecule is CC[Si](C)(C)O[C@H]1CCC[C@@H](N=[N+]=[N-])[C@H]1N=[N+]=[N-]. The van der Waals surface area contributed by atoms with Gasteiger partial charge in [-0.15, -0.1) is 0 Å². The lowest BCUT2D eigenvalue weighted by molar-refractivity contribution is 0.113. The normalized spacial score (nSPS) is 28.1. The molecule has 0 radical (unpaired) electrons. The fourth-order valence-corrected chi connectivity index (χ4v) is 3.39. The summed E-state index contributed by atoms with van der Waals surface area (Å²) in [6.07, 6.45) is 2.48. The Labute approximate surface area is 108 Å². The summed E-state index contributed by atoms with van der Waals surface area (Å²) in [5.74, 6) is 0. The van der Waals surface area contributed by atoms with Gasteiger partial charge in [-0.2, -0.15) is 0 Å². The van der Waals surface area contributed by atoms with Crippen molar-refractivity contribution < 1.29 is 4.43 Å². The molecule has 1 saturated carbocycles. The zero-order valence-electron chi connectivity index (χ0n) is 11.2. The highest BCUT2D eigenvalue weighted by atomic mass is 28.4. The average Bonchev–Trinajstić information content (AvgIpc) is 2.33. The molecular weight excluding hydrogens is 248 g/mol. The molecule has 0 unspecified atom stereocenters. The molecule has 1 aliphatic rings. The van der Waals surface area contributed by atoms with Crippen molar-refractivity contribution in [2.45, 2.75) is 63.5 Å². The third-order valence-corrected chi connectivity index (χ3v) is 6.11. The molecule has 1 fully saturated rings. The van der Waals surface area contributed by atoms with Gasteiger partial charge in [0.05, 0.1) is 12.1 Å². The van der Waals surface area contributed by atoms with Gasteiger partial charge < -0.3 is 4.43 Å². The van der Waals surface area contributed by atoms with Gasteiger partial charge in [-0.25, -0.2) is 0 Å². The molecule has 0 aromatic carbocycles. The largest absolute Gasteiger partial charge is 0.414 e. The van der Waals surface area contributed by atoms with Crippen LogP contribution in [0.5, 0.6) is 0 Å². The lowest BCUT2D eigenvalue weighted by atomic mass is 9.89. The smallest absolute Gasteiger partial charge is 0.186 e. The Morgan fingerprint density at radius 1 is 1.22 bits per heavy atom. The van der Waals surface area contributed by atoms with E-state index in [1.807, 2.05) is 0 Å². The fourth-order valence-electron chi connectivity index (χ4n) is 2.14. The minimum absolute atomic E-state index is 0.105. The Balaban J connectivity index is 2.86. The molecule has 0 aromatic heterocycles. The van der Waals surface area contributed by atoms with E-state index in [-0.39, 0.29) is 18.2 Å². The maximum Gasteiger partial charge on any atom is 0.186 e. The molecule has 0 saturated heterocycles. The van der Waals surface area contributed by atoms with Gasteiger partial charge in [-0.3, -0.25) is 0 Å². The summed E-state index contributed by atoms with van der Waals surface area (Å²) in [4.78, 5) is 5.72. The monoisotopic (exact) mass is 268 g/mol. The van der Waals surface area contributed by atoms with Crippen LogP contribution in [0.3, 0.4) is 0 Å². The Kier molecular flexibility index (Phi) is 5.49. The lowest BCUT2D eigenvalue weighted by Gasteiger charge is -2.37. The summed E-state index contributed by atoms with van der Waals surface area (Å²) in [5.41, 5.74) is 17.2. The molecule has 0 spiro atoms. The van der Waals surface area contributed by atoms with E-state index in [2.05, 4.69) is 40.1 Å². The molecule has 0 aromatic rings. The summed E-state index contributed by atoms with van der Waals surface area (Å²) < 4.78 is 6.16. The van der Waals surface area contributed by atoms with E-state index >= 15 is 0 Å². The van der Waals surface area contributed by atoms with Crippen LogP contribution in [0.1, 0.15) is 26.2 Å². The molecule has 8 heteroatoms. The van der Waals surface area contributed by atoms with Crippen LogP contribution in [0.4, 0.5) is 0 Å². The molecule has 100 valence electrons. The summed E-state index contributed by atoms with van der Waals surface area (Å²) in [6.45, 7) is 6.41. The highest BCUT2D eigenvalue weighted by molar-refractivity contribution is 6.71. The standard InChI is InChI=1S/C10H20N6OSi/c1-4-18(2,3)17-9-7-5-6-8(13-15-11)10(9)14-16-12/h8-10H,4-7H2,1-3H3/t8-,9+,10-/m1/s1. The van der Waals surface area contributed by atoms with Crippen LogP contribution in [0, 0.1) is 0 Å². The van der Waals surface area contributed by atoms with Crippen molar-refractivity contribution in [3.63, 3.8) is 0 Å². The highest BCUT2D eigenvalue weighted by Crippen LogP contribution is 2.30. The Morgan fingerprint density at radius 2 is 1.89 bits per heavy atom. The number of azide groups is 2. The van der Waals surface area contributed by atoms with Gasteiger partial charge in [0.2, 0.25) is 0 Å². The van der Waals surface area contributed by atoms with Crippen LogP contribution >= 0.6 is 0 Å². The summed E-state index contributed by atoms with van der Waals surface area (Å²) in [7, 11) is -1.71. The van der Waals surface area contributed by atoms with Crippen molar-refractivity contribution in [3.05, 3.63) is 20.9 Å². The number of nitrogens with zero attached hydrogens (tertiary/aromatic N) is 6. The van der Waals surface area contributed by atoms with Gasteiger partial charge in [0.15, 0.2) is 8.32 Å². The molecule has 1 rings (SSSR count). The van der Waals surface area contributed by atoms with E-state index in [1.54, 1.807) is 0 Å². The van der Waals surface area contributed by atoms with Crippen LogP contribution in [-0.2, 0) is 4.43 Å². The van der Waals surface area contributed by atoms with Gasteiger partial charge >= 0.3 is 0 Å². The molecule has 0 heterocycles. The second-order valence-electron chi connectivity index (χ2n) is 5.17. The van der Waals surface area contributed by atoms with Gasteiger partial charge in [-0.1, -0.05) is 23.6 Å². The number of hydrogen-bond donors (Lipinski definition) is 0.